The number of amides is 1. The fraction of sp³-hybridized carbons (Fsp3) is 0.588. The molecule has 0 unspecified atom stereocenters. The van der Waals surface area contributed by atoms with E-state index in [4.69, 9.17) is 4.74 Å². The highest BCUT2D eigenvalue weighted by atomic mass is 79.9. The highest BCUT2D eigenvalue weighted by molar-refractivity contribution is 9.10. The van der Waals surface area contributed by atoms with Gasteiger partial charge in [0.1, 0.15) is 5.60 Å². The molecule has 1 aliphatic rings. The van der Waals surface area contributed by atoms with Gasteiger partial charge < -0.3 is 9.64 Å². The van der Waals surface area contributed by atoms with Crippen molar-refractivity contribution in [2.45, 2.75) is 31.3 Å². The molecular formula is C17H25BrN2O2S. The van der Waals surface area contributed by atoms with E-state index in [2.05, 4.69) is 39.0 Å². The van der Waals surface area contributed by atoms with E-state index in [1.165, 1.54) is 4.90 Å². The number of benzene rings is 1. The van der Waals surface area contributed by atoms with Crippen molar-refractivity contribution in [3.05, 3.63) is 28.7 Å². The number of hydrogen-bond acceptors (Lipinski definition) is 4. The number of thioether (sulfide) groups is 1. The summed E-state index contributed by atoms with van der Waals surface area (Å²) >= 11 is 5.44. The van der Waals surface area contributed by atoms with Crippen LogP contribution in [-0.2, 0) is 4.74 Å². The summed E-state index contributed by atoms with van der Waals surface area (Å²) < 4.78 is 6.58. The molecule has 1 amide bonds. The van der Waals surface area contributed by atoms with Gasteiger partial charge in [-0.25, -0.2) is 4.79 Å². The number of carbonyl (C=O) groups is 1. The van der Waals surface area contributed by atoms with Crippen LogP contribution in [0.3, 0.4) is 0 Å². The molecule has 6 heteroatoms. The van der Waals surface area contributed by atoms with Crippen LogP contribution in [-0.4, -0.2) is 60.0 Å². The van der Waals surface area contributed by atoms with Crippen LogP contribution in [0.4, 0.5) is 4.79 Å². The van der Waals surface area contributed by atoms with Gasteiger partial charge >= 0.3 is 6.09 Å². The first kappa shape index (κ1) is 18.6. The zero-order valence-electron chi connectivity index (χ0n) is 14.0. The van der Waals surface area contributed by atoms with Crippen LogP contribution >= 0.6 is 27.7 Å². The van der Waals surface area contributed by atoms with Crippen LogP contribution in [0.1, 0.15) is 20.8 Å². The van der Waals surface area contributed by atoms with Gasteiger partial charge in [0.25, 0.3) is 0 Å². The monoisotopic (exact) mass is 400 g/mol. The molecule has 0 spiro atoms. The minimum Gasteiger partial charge on any atom is -0.444 e. The van der Waals surface area contributed by atoms with E-state index >= 15 is 0 Å². The minimum absolute atomic E-state index is 0.195. The van der Waals surface area contributed by atoms with Crippen LogP contribution in [0.15, 0.2) is 33.6 Å². The lowest BCUT2D eigenvalue weighted by molar-refractivity contribution is 0.0150. The second kappa shape index (κ2) is 8.40. The fourth-order valence-electron chi connectivity index (χ4n) is 2.33. The van der Waals surface area contributed by atoms with Crippen molar-refractivity contribution in [1.82, 2.24) is 9.80 Å². The number of ether oxygens (including phenoxy) is 1. The Hall–Kier alpha value is -0.720. The predicted octanol–water partition coefficient (Wildman–Crippen LogP) is 4.09. The standard InChI is InChI=1S/C17H25BrN2O2S/c1-17(2,3)22-16(21)20-10-8-19(9-11-20)12-13-23-15-7-5-4-6-14(15)18/h4-7H,8-13H2,1-3H3. The molecule has 0 aliphatic carbocycles. The normalized spacial score (nSPS) is 16.4. The summed E-state index contributed by atoms with van der Waals surface area (Å²) in [6.07, 6.45) is -0.195. The Balaban J connectivity index is 1.69. The van der Waals surface area contributed by atoms with Crippen molar-refractivity contribution in [2.75, 3.05) is 38.5 Å². The Kier molecular flexibility index (Phi) is 6.80. The first-order chi connectivity index (χ1) is 10.8. The number of nitrogens with zero attached hydrogens (tertiary/aromatic N) is 2. The summed E-state index contributed by atoms with van der Waals surface area (Å²) in [5, 5.41) is 0. The number of hydrogen-bond donors (Lipinski definition) is 0. The van der Waals surface area contributed by atoms with Gasteiger partial charge in [0.05, 0.1) is 0 Å². The van der Waals surface area contributed by atoms with Crippen LogP contribution in [0, 0.1) is 0 Å². The zero-order valence-corrected chi connectivity index (χ0v) is 16.5. The van der Waals surface area contributed by atoms with Crippen molar-refractivity contribution in [2.24, 2.45) is 0 Å². The summed E-state index contributed by atoms with van der Waals surface area (Å²) in [7, 11) is 0. The van der Waals surface area contributed by atoms with Gasteiger partial charge in [-0.2, -0.15) is 0 Å². The topological polar surface area (TPSA) is 32.8 Å². The molecule has 1 aromatic rings. The molecule has 23 heavy (non-hydrogen) atoms. The molecule has 0 N–H and O–H groups in total. The molecule has 1 saturated heterocycles. The maximum Gasteiger partial charge on any atom is 0.410 e. The SMILES string of the molecule is CC(C)(C)OC(=O)N1CCN(CCSc2ccccc2Br)CC1. The number of halogens is 1. The average Bonchev–Trinajstić information content (AvgIpc) is 2.48. The van der Waals surface area contributed by atoms with Crippen LogP contribution in [0.25, 0.3) is 0 Å². The van der Waals surface area contributed by atoms with Crippen molar-refractivity contribution in [3.63, 3.8) is 0 Å². The summed E-state index contributed by atoms with van der Waals surface area (Å²) in [6.45, 7) is 10.1. The van der Waals surface area contributed by atoms with Gasteiger partial charge in [-0.05, 0) is 48.8 Å². The maximum absolute atomic E-state index is 12.0. The lowest BCUT2D eigenvalue weighted by Gasteiger charge is -2.35. The van der Waals surface area contributed by atoms with Gasteiger partial charge in [-0.3, -0.25) is 4.90 Å². The van der Waals surface area contributed by atoms with E-state index in [1.54, 1.807) is 0 Å². The fourth-order valence-corrected chi connectivity index (χ4v) is 3.91. The van der Waals surface area contributed by atoms with E-state index in [-0.39, 0.29) is 6.09 Å². The molecule has 0 bridgehead atoms. The van der Waals surface area contributed by atoms with Gasteiger partial charge in [-0.1, -0.05) is 12.1 Å². The molecule has 128 valence electrons. The quantitative estimate of drug-likeness (QED) is 0.712. The van der Waals surface area contributed by atoms with Gasteiger partial charge in [0.2, 0.25) is 0 Å². The van der Waals surface area contributed by atoms with Crippen molar-refractivity contribution < 1.29 is 9.53 Å². The highest BCUT2D eigenvalue weighted by Gasteiger charge is 2.25. The van der Waals surface area contributed by atoms with E-state index in [0.29, 0.717) is 0 Å². The van der Waals surface area contributed by atoms with E-state index in [1.807, 2.05) is 43.5 Å². The Morgan fingerprint density at radius 1 is 1.22 bits per heavy atom. The van der Waals surface area contributed by atoms with E-state index < -0.39 is 5.60 Å². The molecular weight excluding hydrogens is 376 g/mol. The second-order valence-electron chi connectivity index (χ2n) is 6.59. The number of rotatable bonds is 4. The zero-order chi connectivity index (χ0) is 16.9. The Morgan fingerprint density at radius 3 is 2.48 bits per heavy atom. The summed E-state index contributed by atoms with van der Waals surface area (Å²) in [5.41, 5.74) is -0.423. The van der Waals surface area contributed by atoms with Gasteiger partial charge in [0.15, 0.2) is 0 Å². The molecule has 1 heterocycles. The van der Waals surface area contributed by atoms with Crippen LogP contribution in [0.2, 0.25) is 0 Å². The number of piperazine rings is 1. The third-order valence-electron chi connectivity index (χ3n) is 3.53. The first-order valence-electron chi connectivity index (χ1n) is 7.93. The molecule has 2 rings (SSSR count). The lowest BCUT2D eigenvalue weighted by Crippen LogP contribution is -2.50. The van der Waals surface area contributed by atoms with Crippen LogP contribution in [0.5, 0.6) is 0 Å². The minimum atomic E-state index is -0.423. The largest absolute Gasteiger partial charge is 0.444 e. The highest BCUT2D eigenvalue weighted by Crippen LogP contribution is 2.26. The summed E-state index contributed by atoms with van der Waals surface area (Å²) in [6, 6.07) is 8.30. The van der Waals surface area contributed by atoms with Crippen molar-refractivity contribution in [3.8, 4) is 0 Å². The Morgan fingerprint density at radius 2 is 1.87 bits per heavy atom. The van der Waals surface area contributed by atoms with Crippen molar-refractivity contribution in [1.29, 1.82) is 0 Å². The van der Waals surface area contributed by atoms with Crippen molar-refractivity contribution >= 4 is 33.8 Å². The summed E-state index contributed by atoms with van der Waals surface area (Å²) in [4.78, 5) is 17.5. The Labute approximate surface area is 151 Å². The first-order valence-corrected chi connectivity index (χ1v) is 9.70. The molecule has 0 atom stereocenters. The summed E-state index contributed by atoms with van der Waals surface area (Å²) in [5.74, 6) is 1.05. The second-order valence-corrected chi connectivity index (χ2v) is 8.58. The third kappa shape index (κ3) is 6.36. The molecule has 0 aromatic heterocycles. The third-order valence-corrected chi connectivity index (χ3v) is 5.53. The van der Waals surface area contributed by atoms with E-state index in [9.17, 15) is 4.79 Å². The Bertz CT molecular complexity index is 526. The maximum atomic E-state index is 12.0. The molecule has 0 radical (unpaired) electrons. The molecule has 1 aromatic carbocycles. The van der Waals surface area contributed by atoms with E-state index in [0.717, 1.165) is 42.9 Å². The van der Waals surface area contributed by atoms with Gasteiger partial charge in [-0.15, -0.1) is 11.8 Å². The van der Waals surface area contributed by atoms with Gasteiger partial charge in [0, 0.05) is 47.8 Å². The predicted molar refractivity (Wildman–Crippen MR) is 99.1 cm³/mol. The average molecular weight is 401 g/mol. The molecule has 4 nitrogen and oxygen atoms in total. The molecule has 1 fully saturated rings. The number of carbonyl (C=O) groups excluding carboxylic acids is 1. The van der Waals surface area contributed by atoms with Crippen LogP contribution < -0.4 is 0 Å². The lowest BCUT2D eigenvalue weighted by atomic mass is 10.2. The molecule has 0 saturated carbocycles. The smallest absolute Gasteiger partial charge is 0.410 e. The molecule has 1 aliphatic heterocycles.